The van der Waals surface area contributed by atoms with Crippen molar-refractivity contribution in [3.8, 4) is 0 Å². The van der Waals surface area contributed by atoms with Crippen LogP contribution < -0.4 is 16.8 Å². The second kappa shape index (κ2) is 4.28. The van der Waals surface area contributed by atoms with E-state index in [0.29, 0.717) is 10.2 Å². The Hall–Kier alpha value is -1.30. The van der Waals surface area contributed by atoms with Gasteiger partial charge in [0.2, 0.25) is 5.91 Å². The summed E-state index contributed by atoms with van der Waals surface area (Å²) in [6, 6.07) is 2.81. The van der Waals surface area contributed by atoms with Gasteiger partial charge in [-0.05, 0) is 12.1 Å². The lowest BCUT2D eigenvalue weighted by Gasteiger charge is -2.08. The third-order valence-corrected chi connectivity index (χ3v) is 2.01. The van der Waals surface area contributed by atoms with Crippen molar-refractivity contribution in [2.75, 3.05) is 17.6 Å². The number of nitrogens with one attached hydrogen (secondary N) is 1. The van der Waals surface area contributed by atoms with Crippen LogP contribution in [0.15, 0.2) is 16.6 Å². The van der Waals surface area contributed by atoms with E-state index in [4.69, 9.17) is 11.5 Å². The molecule has 0 bridgehead atoms. The van der Waals surface area contributed by atoms with Gasteiger partial charge >= 0.3 is 0 Å². The molecule has 0 aromatic heterocycles. The number of halogens is 2. The molecule has 0 radical (unpaired) electrons. The number of nitrogens with two attached hydrogens (primary N) is 2. The summed E-state index contributed by atoms with van der Waals surface area (Å²) in [6.45, 7) is -0.0832. The van der Waals surface area contributed by atoms with Crippen molar-refractivity contribution in [1.82, 2.24) is 0 Å². The molecule has 1 aromatic rings. The number of anilines is 2. The summed E-state index contributed by atoms with van der Waals surface area (Å²) < 4.78 is 13.6. The van der Waals surface area contributed by atoms with Gasteiger partial charge in [-0.1, -0.05) is 15.9 Å². The molecule has 4 nitrogen and oxygen atoms in total. The van der Waals surface area contributed by atoms with Crippen LogP contribution in [-0.4, -0.2) is 12.5 Å². The first-order valence-corrected chi connectivity index (χ1v) is 4.56. The molecule has 0 aliphatic heterocycles. The van der Waals surface area contributed by atoms with E-state index in [-0.39, 0.29) is 12.2 Å². The highest BCUT2D eigenvalue weighted by Gasteiger charge is 2.07. The SMILES string of the molecule is NC(=O)CNc1cc(Br)cc(F)c1N. The Balaban J connectivity index is 2.90. The molecule has 0 unspecified atom stereocenters. The second-order valence-corrected chi connectivity index (χ2v) is 3.58. The number of hydrogen-bond donors (Lipinski definition) is 3. The predicted octanol–water partition coefficient (Wildman–Crippen LogP) is 1.07. The van der Waals surface area contributed by atoms with Gasteiger partial charge < -0.3 is 16.8 Å². The Kier molecular flexibility index (Phi) is 3.29. The van der Waals surface area contributed by atoms with Crippen LogP contribution in [0, 0.1) is 5.82 Å². The number of carbonyl (C=O) groups is 1. The van der Waals surface area contributed by atoms with Crippen LogP contribution in [0.1, 0.15) is 0 Å². The minimum atomic E-state index is -0.550. The van der Waals surface area contributed by atoms with Crippen molar-refractivity contribution < 1.29 is 9.18 Å². The van der Waals surface area contributed by atoms with Gasteiger partial charge in [0.25, 0.3) is 0 Å². The quantitative estimate of drug-likeness (QED) is 0.712. The van der Waals surface area contributed by atoms with E-state index in [2.05, 4.69) is 21.2 Å². The lowest BCUT2D eigenvalue weighted by molar-refractivity contribution is -0.116. The zero-order valence-electron chi connectivity index (χ0n) is 7.18. The van der Waals surface area contributed by atoms with Gasteiger partial charge in [0.1, 0.15) is 5.82 Å². The highest BCUT2D eigenvalue weighted by Crippen LogP contribution is 2.26. The summed E-state index contributed by atoms with van der Waals surface area (Å²) in [5, 5.41) is 2.62. The molecule has 0 atom stereocenters. The number of carbonyl (C=O) groups excluding carboxylic acids is 1. The first kappa shape index (κ1) is 10.8. The molecule has 0 saturated carbocycles. The van der Waals surface area contributed by atoms with Gasteiger partial charge in [0.15, 0.2) is 0 Å². The normalized spacial score (nSPS) is 9.86. The highest BCUT2D eigenvalue weighted by atomic mass is 79.9. The molecular weight excluding hydrogens is 253 g/mol. The number of rotatable bonds is 3. The van der Waals surface area contributed by atoms with Crippen molar-refractivity contribution in [2.45, 2.75) is 0 Å². The Bertz CT molecular complexity index is 370. The van der Waals surface area contributed by atoms with E-state index >= 15 is 0 Å². The molecule has 0 aliphatic carbocycles. The zero-order chi connectivity index (χ0) is 10.7. The summed E-state index contributed by atoms with van der Waals surface area (Å²) in [5.41, 5.74) is 10.7. The zero-order valence-corrected chi connectivity index (χ0v) is 8.77. The average Bonchev–Trinajstić information content (AvgIpc) is 2.08. The van der Waals surface area contributed by atoms with Gasteiger partial charge in [-0.3, -0.25) is 4.79 Å². The molecule has 1 aromatic carbocycles. The van der Waals surface area contributed by atoms with Crippen LogP contribution in [-0.2, 0) is 4.79 Å². The first-order chi connectivity index (χ1) is 6.50. The smallest absolute Gasteiger partial charge is 0.236 e. The molecular formula is C8H9BrFN3O. The third-order valence-electron chi connectivity index (χ3n) is 1.55. The lowest BCUT2D eigenvalue weighted by Crippen LogP contribution is -2.22. The molecule has 0 heterocycles. The molecule has 0 aliphatic rings. The Labute approximate surface area is 88.6 Å². The van der Waals surface area contributed by atoms with E-state index in [1.165, 1.54) is 6.07 Å². The van der Waals surface area contributed by atoms with Gasteiger partial charge in [0.05, 0.1) is 17.9 Å². The molecule has 14 heavy (non-hydrogen) atoms. The second-order valence-electron chi connectivity index (χ2n) is 2.67. The van der Waals surface area contributed by atoms with E-state index in [0.717, 1.165) is 0 Å². The summed E-state index contributed by atoms with van der Waals surface area (Å²) in [7, 11) is 0. The molecule has 0 spiro atoms. The fourth-order valence-corrected chi connectivity index (χ4v) is 1.34. The summed E-state index contributed by atoms with van der Waals surface area (Å²) >= 11 is 3.10. The highest BCUT2D eigenvalue weighted by molar-refractivity contribution is 9.10. The van der Waals surface area contributed by atoms with Gasteiger partial charge in [0, 0.05) is 4.47 Å². The Morgan fingerprint density at radius 2 is 2.21 bits per heavy atom. The lowest BCUT2D eigenvalue weighted by atomic mass is 10.2. The van der Waals surface area contributed by atoms with Crippen molar-refractivity contribution in [1.29, 1.82) is 0 Å². The summed E-state index contributed by atoms with van der Waals surface area (Å²) in [4.78, 5) is 10.5. The minimum Gasteiger partial charge on any atom is -0.395 e. The van der Waals surface area contributed by atoms with Crippen LogP contribution in [0.5, 0.6) is 0 Å². The predicted molar refractivity (Wildman–Crippen MR) is 56.2 cm³/mol. The summed E-state index contributed by atoms with van der Waals surface area (Å²) in [6.07, 6.45) is 0. The first-order valence-electron chi connectivity index (χ1n) is 3.77. The Morgan fingerprint density at radius 3 is 2.79 bits per heavy atom. The van der Waals surface area contributed by atoms with Crippen LogP contribution in [0.25, 0.3) is 0 Å². The van der Waals surface area contributed by atoms with Crippen LogP contribution in [0.3, 0.4) is 0 Å². The Morgan fingerprint density at radius 1 is 1.57 bits per heavy atom. The minimum absolute atomic E-state index is 0.0329. The van der Waals surface area contributed by atoms with Crippen LogP contribution in [0.4, 0.5) is 15.8 Å². The number of nitrogen functional groups attached to an aromatic ring is 1. The average molecular weight is 262 g/mol. The fourth-order valence-electron chi connectivity index (χ4n) is 0.913. The third kappa shape index (κ3) is 2.59. The molecule has 76 valence electrons. The fraction of sp³-hybridized carbons (Fsp3) is 0.125. The number of hydrogen-bond acceptors (Lipinski definition) is 3. The topological polar surface area (TPSA) is 81.1 Å². The molecule has 1 amide bonds. The standard InChI is InChI=1S/C8H9BrFN3O/c9-4-1-5(10)8(12)6(2-4)13-3-7(11)14/h1-2,13H,3,12H2,(H2,11,14). The van der Waals surface area contributed by atoms with Gasteiger partial charge in [-0.2, -0.15) is 0 Å². The molecule has 6 heteroatoms. The van der Waals surface area contributed by atoms with Crippen LogP contribution >= 0.6 is 15.9 Å². The van der Waals surface area contributed by atoms with E-state index in [9.17, 15) is 9.18 Å². The maximum absolute atomic E-state index is 13.1. The molecule has 1 rings (SSSR count). The van der Waals surface area contributed by atoms with Crippen molar-refractivity contribution in [3.05, 3.63) is 22.4 Å². The van der Waals surface area contributed by atoms with Crippen molar-refractivity contribution in [3.63, 3.8) is 0 Å². The number of amides is 1. The monoisotopic (exact) mass is 261 g/mol. The van der Waals surface area contributed by atoms with Gasteiger partial charge in [-0.25, -0.2) is 4.39 Å². The van der Waals surface area contributed by atoms with Crippen molar-refractivity contribution in [2.24, 2.45) is 5.73 Å². The van der Waals surface area contributed by atoms with E-state index in [1.807, 2.05) is 0 Å². The molecule has 0 fully saturated rings. The van der Waals surface area contributed by atoms with E-state index in [1.54, 1.807) is 6.07 Å². The molecule has 0 saturated heterocycles. The van der Waals surface area contributed by atoms with Crippen molar-refractivity contribution >= 4 is 33.2 Å². The number of primary amides is 1. The summed E-state index contributed by atoms with van der Waals surface area (Å²) in [5.74, 6) is -1.09. The maximum atomic E-state index is 13.1. The van der Waals surface area contributed by atoms with Gasteiger partial charge in [-0.15, -0.1) is 0 Å². The number of benzene rings is 1. The maximum Gasteiger partial charge on any atom is 0.236 e. The van der Waals surface area contributed by atoms with E-state index < -0.39 is 11.7 Å². The van der Waals surface area contributed by atoms with Crippen LogP contribution in [0.2, 0.25) is 0 Å². The largest absolute Gasteiger partial charge is 0.395 e. The molecule has 5 N–H and O–H groups in total.